The van der Waals surface area contributed by atoms with E-state index in [9.17, 15) is 0 Å². The summed E-state index contributed by atoms with van der Waals surface area (Å²) in [6.07, 6.45) is 0. The number of rotatable bonds is 0. The van der Waals surface area contributed by atoms with E-state index in [1.807, 2.05) is 0 Å². The molecule has 1 radical (unpaired) electrons. The third-order valence-corrected chi connectivity index (χ3v) is 0. The van der Waals surface area contributed by atoms with Gasteiger partial charge in [-0.1, -0.05) is 0 Å². The van der Waals surface area contributed by atoms with E-state index in [-0.39, 0.29) is 123 Å². The molecule has 27 heavy (non-hydrogen) atoms. The van der Waals surface area contributed by atoms with Gasteiger partial charge in [0.2, 0.25) is 0 Å². The maximum Gasteiger partial charge on any atom is 1.00 e. The molecule has 0 saturated heterocycles. The largest absolute Gasteiger partial charge is 1.00 e. The van der Waals surface area contributed by atoms with Gasteiger partial charge in [0, 0.05) is 20.1 Å². The van der Waals surface area contributed by atoms with Crippen molar-refractivity contribution in [1.82, 2.24) is 0 Å². The smallest absolute Gasteiger partial charge is 0.357 e. The molecule has 0 unspecified atom stereocenters. The van der Waals surface area contributed by atoms with Crippen LogP contribution in [0.4, 0.5) is 0 Å². The van der Waals surface area contributed by atoms with E-state index in [4.69, 9.17) is 83.9 Å². The second-order valence-electron chi connectivity index (χ2n) is 1.13. The van der Waals surface area contributed by atoms with Crippen LogP contribution < -0.4 is 187 Å². The van der Waals surface area contributed by atoms with E-state index in [1.54, 1.807) is 0 Å². The fourth-order valence-corrected chi connectivity index (χ4v) is 0. The summed E-state index contributed by atoms with van der Waals surface area (Å²) in [5.74, 6) is 0. The summed E-state index contributed by atoms with van der Waals surface area (Å²) >= 11 is 0. The van der Waals surface area contributed by atoms with Crippen LogP contribution in [0, 0.1) is 64.7 Å². The maximum atomic E-state index is 8.41. The summed E-state index contributed by atoms with van der Waals surface area (Å²) in [5, 5.41) is 0. The minimum atomic E-state index is -2.85. The van der Waals surface area contributed by atoms with Crippen LogP contribution in [0.5, 0.6) is 0 Å². The van der Waals surface area contributed by atoms with Crippen LogP contribution in [-0.4, -0.2) is 0 Å². The summed E-state index contributed by atoms with van der Waals surface area (Å²) < 4.78 is 151. The first kappa shape index (κ1) is 58.1. The zero-order chi connectivity index (χ0) is 21.5. The third-order valence-electron chi connectivity index (χ3n) is 0. The molecule has 0 N–H and O–H groups in total. The van der Waals surface area contributed by atoms with Crippen LogP contribution in [0.15, 0.2) is 0 Å². The van der Waals surface area contributed by atoms with Crippen molar-refractivity contribution in [2.45, 2.75) is 0 Å². The Bertz CT molecular complexity index is 111. The molecule has 0 aliphatic rings. The van der Waals surface area contributed by atoms with Gasteiger partial charge < -0.3 is 83.9 Å². The van der Waals surface area contributed by atoms with Gasteiger partial charge in [0.05, 0.1) is 64.7 Å². The van der Waals surface area contributed by atoms with Crippen molar-refractivity contribution >= 4 is 0 Å². The molecule has 0 heterocycles. The normalized spacial score (nSPS) is 8.00. The Morgan fingerprint density at radius 3 is 0.222 bits per heavy atom. The summed E-state index contributed by atoms with van der Waals surface area (Å²) in [5.41, 5.74) is 0. The second-order valence-corrected chi connectivity index (χ2v) is 3.40. The van der Waals surface area contributed by atoms with Crippen molar-refractivity contribution in [2.24, 2.45) is 0 Å². The van der Waals surface area contributed by atoms with Gasteiger partial charge >= 0.3 is 103 Å². The van der Waals surface area contributed by atoms with E-state index < -0.39 is 64.7 Å². The van der Waals surface area contributed by atoms with Gasteiger partial charge in [-0.25, -0.2) is 0 Å². The Kier molecular flexibility index (Phi) is 113. The quantitative estimate of drug-likeness (QED) is 0.206. The Morgan fingerprint density at radius 2 is 0.222 bits per heavy atom. The predicted molar refractivity (Wildman–Crippen MR) is 0 cm³/mol. The minimum absolute atomic E-state index is 0. The summed E-state index contributed by atoms with van der Waals surface area (Å²) in [4.78, 5) is 0. The Labute approximate surface area is 266 Å². The molecule has 0 rings (SSSR count). The topological polar surface area (TPSA) is 415 Å². The molecule has 0 amide bonds. The van der Waals surface area contributed by atoms with E-state index in [2.05, 4.69) is 0 Å². The molecule has 0 aromatic heterocycles. The molecule has 0 aromatic carbocycles. The van der Waals surface area contributed by atoms with Crippen LogP contribution in [0.2, 0.25) is 0 Å². The monoisotopic (exact) mass is 769 g/mol. The van der Waals surface area contributed by atoms with Crippen molar-refractivity contribution in [2.75, 3.05) is 0 Å². The van der Waals surface area contributed by atoms with Gasteiger partial charge in [0.15, 0.2) is 0 Å². The molecule has 0 bridgehead atoms. The Balaban J connectivity index is -0.0000000201. The van der Waals surface area contributed by atoms with Gasteiger partial charge in [-0.05, 0) is 0 Å². The molecule has 0 atom stereocenters. The van der Waals surface area contributed by atoms with Crippen molar-refractivity contribution in [3.05, 3.63) is 0 Å². The van der Waals surface area contributed by atoms with E-state index in [1.165, 1.54) is 0 Å². The predicted octanol–water partition coefficient (Wildman–Crippen LogP) is -27.4. The van der Waals surface area contributed by atoms with E-state index in [0.29, 0.717) is 0 Å². The van der Waals surface area contributed by atoms with Crippen molar-refractivity contribution in [1.29, 1.82) is 0 Å². The second kappa shape index (κ2) is 52.7. The van der Waals surface area contributed by atoms with Crippen LogP contribution in [0.3, 0.4) is 0 Å². The molecule has 165 valence electrons. The average molecular weight is 771 g/mol. The van der Waals surface area contributed by atoms with Crippen LogP contribution in [0.25, 0.3) is 0 Å². The molecule has 0 fully saturated rings. The molecule has 27 heteroatoms. The van der Waals surface area contributed by atoms with Gasteiger partial charge in [-0.2, -0.15) is 0 Å². The minimum Gasteiger partial charge on any atom is -0.357 e. The zero-order valence-electron chi connectivity index (χ0n) is 11.9. The molecular weight excluding hydrogens is 771 g/mol. The number of hydrogen-bond donors (Lipinski definition) is 0. The van der Waals surface area contributed by atoms with Gasteiger partial charge in [-0.3, -0.25) is 0 Å². The SMILES string of the molecule is [Ir].[K+].[K+].[O-][Cl+2]([O-])[O-].[O-][Cl+2]([O-])[O-].[O-][Cl+2]([O-])[O-].[O-][Cl+2]([O-])[O-].[O-][Cl+2]([O-])[O-].[O-][Cl+2]([O-])[O-]. The summed E-state index contributed by atoms with van der Waals surface area (Å²) in [7, 11) is -17.1. The van der Waals surface area contributed by atoms with Gasteiger partial charge in [-0.15, -0.1) is 0 Å². The zero-order valence-corrected chi connectivity index (χ0v) is 25.1. The molecule has 0 saturated carbocycles. The summed E-state index contributed by atoms with van der Waals surface area (Å²) in [6.45, 7) is 0. The fraction of sp³-hybridized carbons (Fsp3) is 0. The Morgan fingerprint density at radius 1 is 0.222 bits per heavy atom. The standard InChI is InChI=1S/6ClO3.Ir.2K/c6*2-1(3)4;;;/q6*-1;;2*+1. The van der Waals surface area contributed by atoms with E-state index in [0.717, 1.165) is 0 Å². The first-order valence-electron chi connectivity index (χ1n) is 2.78. The van der Waals surface area contributed by atoms with Gasteiger partial charge in [0.25, 0.3) is 0 Å². The molecule has 0 aliphatic heterocycles. The fourth-order valence-electron chi connectivity index (χ4n) is 0. The maximum absolute atomic E-state index is 8.41. The Hall–Kier alpha value is 4.94. The van der Waals surface area contributed by atoms with Crippen molar-refractivity contribution in [3.8, 4) is 0 Å². The molecule has 18 nitrogen and oxygen atoms in total. The molecular formula is Cl6IrK2O18-4. The van der Waals surface area contributed by atoms with Gasteiger partial charge in [0.1, 0.15) is 0 Å². The van der Waals surface area contributed by atoms with Crippen molar-refractivity contribution < 1.29 is 271 Å². The van der Waals surface area contributed by atoms with Crippen LogP contribution in [0.1, 0.15) is 0 Å². The van der Waals surface area contributed by atoms with Crippen LogP contribution in [-0.2, 0) is 20.1 Å². The molecule has 0 aliphatic carbocycles. The molecule has 0 spiro atoms. The average Bonchev–Trinajstić information content (AvgIpc) is 2.08. The first-order chi connectivity index (χ1) is 10.4. The third kappa shape index (κ3) is 1060. The first-order valence-corrected chi connectivity index (χ1v) is 8.33. The number of halogens is 6. The van der Waals surface area contributed by atoms with E-state index >= 15 is 0 Å². The summed E-state index contributed by atoms with van der Waals surface area (Å²) in [6, 6.07) is 0. The van der Waals surface area contributed by atoms with Crippen molar-refractivity contribution in [3.63, 3.8) is 0 Å². The molecule has 0 aromatic rings. The number of hydrogen-bond acceptors (Lipinski definition) is 18. The van der Waals surface area contributed by atoms with Crippen LogP contribution >= 0.6 is 0 Å².